The molecular formula is C15H21NO. The van der Waals surface area contributed by atoms with Gasteiger partial charge in [-0.05, 0) is 44.0 Å². The van der Waals surface area contributed by atoms with E-state index >= 15 is 0 Å². The minimum absolute atomic E-state index is 0.436. The lowest BCUT2D eigenvalue weighted by atomic mass is 9.83. The van der Waals surface area contributed by atoms with Crippen LogP contribution in [0, 0.1) is 0 Å². The predicted octanol–water partition coefficient (Wildman–Crippen LogP) is 2.97. The van der Waals surface area contributed by atoms with Crippen LogP contribution in [0.4, 0.5) is 0 Å². The van der Waals surface area contributed by atoms with E-state index in [9.17, 15) is 4.79 Å². The Hall–Kier alpha value is -1.15. The maximum atomic E-state index is 11.2. The largest absolute Gasteiger partial charge is 0.305 e. The van der Waals surface area contributed by atoms with E-state index in [-0.39, 0.29) is 0 Å². The van der Waals surface area contributed by atoms with Crippen LogP contribution in [0.1, 0.15) is 42.7 Å². The third-order valence-electron chi connectivity index (χ3n) is 3.49. The van der Waals surface area contributed by atoms with Gasteiger partial charge in [0.05, 0.1) is 0 Å². The molecule has 0 radical (unpaired) electrons. The lowest BCUT2D eigenvalue weighted by Crippen LogP contribution is -2.13. The van der Waals surface area contributed by atoms with Gasteiger partial charge in [0.15, 0.2) is 0 Å². The molecule has 0 unspecified atom stereocenters. The van der Waals surface area contributed by atoms with Crippen LogP contribution in [-0.4, -0.2) is 24.8 Å². The molecule has 0 aromatic heterocycles. The Morgan fingerprint density at radius 1 is 1.12 bits per heavy atom. The van der Waals surface area contributed by atoms with Crippen molar-refractivity contribution < 1.29 is 4.79 Å². The monoisotopic (exact) mass is 231 g/mol. The van der Waals surface area contributed by atoms with E-state index in [1.54, 1.807) is 0 Å². The van der Waals surface area contributed by atoms with Crippen LogP contribution in [0.25, 0.3) is 0 Å². The predicted molar refractivity (Wildman–Crippen MR) is 70.0 cm³/mol. The Kier molecular flexibility index (Phi) is 3.95. The molecular weight excluding hydrogens is 210 g/mol. The van der Waals surface area contributed by atoms with E-state index in [2.05, 4.69) is 43.3 Å². The van der Waals surface area contributed by atoms with Crippen LogP contribution in [0.3, 0.4) is 0 Å². The van der Waals surface area contributed by atoms with Crippen LogP contribution in [0.2, 0.25) is 0 Å². The molecule has 0 atom stereocenters. The van der Waals surface area contributed by atoms with Crippen molar-refractivity contribution in [1.82, 2.24) is 4.90 Å². The van der Waals surface area contributed by atoms with E-state index in [0.29, 0.717) is 11.7 Å². The van der Waals surface area contributed by atoms with Crippen molar-refractivity contribution >= 4 is 5.78 Å². The van der Waals surface area contributed by atoms with Crippen LogP contribution >= 0.6 is 0 Å². The van der Waals surface area contributed by atoms with Crippen molar-refractivity contribution in [3.8, 4) is 0 Å². The van der Waals surface area contributed by atoms with Gasteiger partial charge in [-0.1, -0.05) is 24.3 Å². The number of nitrogens with zero attached hydrogens (tertiary/aromatic N) is 1. The molecule has 0 amide bonds. The molecule has 0 aliphatic heterocycles. The third-order valence-corrected chi connectivity index (χ3v) is 3.49. The lowest BCUT2D eigenvalue weighted by Gasteiger charge is -2.21. The van der Waals surface area contributed by atoms with Crippen LogP contribution in [0.15, 0.2) is 24.3 Å². The number of benzene rings is 1. The molecule has 1 fully saturated rings. The maximum absolute atomic E-state index is 11.2. The summed E-state index contributed by atoms with van der Waals surface area (Å²) in [6.45, 7) is 0.990. The summed E-state index contributed by atoms with van der Waals surface area (Å²) in [5.41, 5.74) is 2.76. The van der Waals surface area contributed by atoms with Gasteiger partial charge in [0.25, 0.3) is 0 Å². The van der Waals surface area contributed by atoms with E-state index in [4.69, 9.17) is 0 Å². The molecule has 1 aromatic carbocycles. The summed E-state index contributed by atoms with van der Waals surface area (Å²) >= 11 is 0. The first-order chi connectivity index (χ1) is 8.15. The van der Waals surface area contributed by atoms with Gasteiger partial charge in [-0.2, -0.15) is 0 Å². The Bertz CT molecular complexity index is 370. The highest BCUT2D eigenvalue weighted by atomic mass is 16.1. The number of hydrogen-bond acceptors (Lipinski definition) is 2. The molecule has 1 aromatic rings. The van der Waals surface area contributed by atoms with Crippen LogP contribution < -0.4 is 0 Å². The molecule has 1 saturated carbocycles. The second-order valence-electron chi connectivity index (χ2n) is 5.29. The summed E-state index contributed by atoms with van der Waals surface area (Å²) in [5, 5.41) is 0. The molecule has 0 heterocycles. The SMILES string of the molecule is CN(C)Cc1ccc(C2CCC(=O)CC2)cc1. The zero-order valence-corrected chi connectivity index (χ0v) is 10.8. The van der Waals surface area contributed by atoms with Gasteiger partial charge >= 0.3 is 0 Å². The smallest absolute Gasteiger partial charge is 0.132 e. The lowest BCUT2D eigenvalue weighted by molar-refractivity contribution is -0.120. The normalized spacial score (nSPS) is 17.7. The summed E-state index contributed by atoms with van der Waals surface area (Å²) in [4.78, 5) is 13.4. The van der Waals surface area contributed by atoms with Gasteiger partial charge in [-0.25, -0.2) is 0 Å². The van der Waals surface area contributed by atoms with Crippen molar-refractivity contribution in [1.29, 1.82) is 0 Å². The maximum Gasteiger partial charge on any atom is 0.132 e. The molecule has 1 aliphatic rings. The summed E-state index contributed by atoms with van der Waals surface area (Å²) < 4.78 is 0. The molecule has 17 heavy (non-hydrogen) atoms. The Morgan fingerprint density at radius 3 is 2.24 bits per heavy atom. The molecule has 0 saturated heterocycles. The van der Waals surface area contributed by atoms with E-state index < -0.39 is 0 Å². The first-order valence-electron chi connectivity index (χ1n) is 6.40. The van der Waals surface area contributed by atoms with E-state index in [1.807, 2.05) is 0 Å². The van der Waals surface area contributed by atoms with E-state index in [0.717, 1.165) is 32.2 Å². The second-order valence-corrected chi connectivity index (χ2v) is 5.29. The fourth-order valence-electron chi connectivity index (χ4n) is 2.53. The minimum atomic E-state index is 0.436. The average Bonchev–Trinajstić information content (AvgIpc) is 2.30. The highest BCUT2D eigenvalue weighted by Gasteiger charge is 2.19. The first-order valence-corrected chi connectivity index (χ1v) is 6.40. The van der Waals surface area contributed by atoms with Crippen molar-refractivity contribution in [3.63, 3.8) is 0 Å². The summed E-state index contributed by atoms with van der Waals surface area (Å²) in [7, 11) is 4.17. The number of hydrogen-bond donors (Lipinski definition) is 0. The van der Waals surface area contributed by atoms with Crippen molar-refractivity contribution in [2.45, 2.75) is 38.1 Å². The Labute approximate surface area is 104 Å². The Morgan fingerprint density at radius 2 is 1.71 bits per heavy atom. The summed E-state index contributed by atoms with van der Waals surface area (Å²) in [6.07, 6.45) is 3.60. The zero-order valence-electron chi connectivity index (χ0n) is 10.8. The van der Waals surface area contributed by atoms with E-state index in [1.165, 1.54) is 11.1 Å². The van der Waals surface area contributed by atoms with Gasteiger partial charge in [0.1, 0.15) is 5.78 Å². The van der Waals surface area contributed by atoms with Crippen LogP contribution in [0.5, 0.6) is 0 Å². The van der Waals surface area contributed by atoms with Gasteiger partial charge in [-0.3, -0.25) is 4.79 Å². The summed E-state index contributed by atoms with van der Waals surface area (Å²) in [5.74, 6) is 1.03. The quantitative estimate of drug-likeness (QED) is 0.797. The molecule has 1 aliphatic carbocycles. The molecule has 2 heteroatoms. The molecule has 92 valence electrons. The fraction of sp³-hybridized carbons (Fsp3) is 0.533. The third kappa shape index (κ3) is 3.40. The minimum Gasteiger partial charge on any atom is -0.305 e. The average molecular weight is 231 g/mol. The second kappa shape index (κ2) is 5.46. The number of carbonyl (C=O) groups is 1. The van der Waals surface area contributed by atoms with Crippen molar-refractivity contribution in [3.05, 3.63) is 35.4 Å². The number of carbonyl (C=O) groups excluding carboxylic acids is 1. The Balaban J connectivity index is 2.00. The highest BCUT2D eigenvalue weighted by molar-refractivity contribution is 5.79. The number of Topliss-reactive ketones (excluding diaryl/α,β-unsaturated/α-hetero) is 1. The van der Waals surface area contributed by atoms with Gasteiger partial charge < -0.3 is 4.90 Å². The summed E-state index contributed by atoms with van der Waals surface area (Å²) in [6, 6.07) is 8.90. The molecule has 0 bridgehead atoms. The standard InChI is InChI=1S/C15H21NO/c1-16(2)11-12-3-5-13(6-4-12)14-7-9-15(17)10-8-14/h3-6,14H,7-11H2,1-2H3. The van der Waals surface area contributed by atoms with Gasteiger partial charge in [-0.15, -0.1) is 0 Å². The highest BCUT2D eigenvalue weighted by Crippen LogP contribution is 2.31. The zero-order chi connectivity index (χ0) is 12.3. The van der Waals surface area contributed by atoms with Crippen molar-refractivity contribution in [2.24, 2.45) is 0 Å². The topological polar surface area (TPSA) is 20.3 Å². The molecule has 2 nitrogen and oxygen atoms in total. The number of ketones is 1. The van der Waals surface area contributed by atoms with Crippen LogP contribution in [-0.2, 0) is 11.3 Å². The van der Waals surface area contributed by atoms with Gasteiger partial charge in [0, 0.05) is 19.4 Å². The molecule has 0 spiro atoms. The fourth-order valence-corrected chi connectivity index (χ4v) is 2.53. The molecule has 2 rings (SSSR count). The first kappa shape index (κ1) is 12.3. The number of rotatable bonds is 3. The van der Waals surface area contributed by atoms with Crippen molar-refractivity contribution in [2.75, 3.05) is 14.1 Å². The molecule has 0 N–H and O–H groups in total. The van der Waals surface area contributed by atoms with Gasteiger partial charge in [0.2, 0.25) is 0 Å².